The molecule has 0 bridgehead atoms. The van der Waals surface area contributed by atoms with Gasteiger partial charge in [-0.05, 0) is 31.5 Å². The second kappa shape index (κ2) is 10.4. The van der Waals surface area contributed by atoms with Gasteiger partial charge in [0.2, 0.25) is 0 Å². The van der Waals surface area contributed by atoms with E-state index in [0.29, 0.717) is 77.9 Å². The van der Waals surface area contributed by atoms with Gasteiger partial charge in [0.25, 0.3) is 0 Å². The van der Waals surface area contributed by atoms with Crippen LogP contribution < -0.4 is 18.9 Å². The molecular formula is C32H34O10. The Morgan fingerprint density at radius 1 is 0.643 bits per heavy atom. The van der Waals surface area contributed by atoms with Crippen LogP contribution in [-0.4, -0.2) is 61.1 Å². The van der Waals surface area contributed by atoms with Gasteiger partial charge in [-0.25, -0.2) is 0 Å². The normalized spacial score (nSPS) is 21.6. The van der Waals surface area contributed by atoms with E-state index in [0.717, 1.165) is 0 Å². The van der Waals surface area contributed by atoms with Gasteiger partial charge in [0.1, 0.15) is 46.7 Å². The minimum absolute atomic E-state index is 0.0438. The van der Waals surface area contributed by atoms with Crippen molar-refractivity contribution in [1.82, 2.24) is 0 Å². The average Bonchev–Trinajstić information content (AvgIpc) is 3.00. The minimum Gasteiger partial charge on any atom is -0.507 e. The molecule has 2 aliphatic heterocycles. The lowest BCUT2D eigenvalue weighted by Crippen LogP contribution is -2.26. The van der Waals surface area contributed by atoms with Crippen LogP contribution in [0.4, 0.5) is 0 Å². The topological polar surface area (TPSA) is 136 Å². The average molecular weight is 579 g/mol. The van der Waals surface area contributed by atoms with Gasteiger partial charge in [-0.1, -0.05) is 0 Å². The molecule has 10 heteroatoms. The Balaban J connectivity index is 1.89. The third-order valence-corrected chi connectivity index (χ3v) is 8.56. The van der Waals surface area contributed by atoms with Crippen LogP contribution in [0.2, 0.25) is 0 Å². The molecule has 0 amide bonds. The van der Waals surface area contributed by atoms with E-state index in [2.05, 4.69) is 0 Å². The van der Waals surface area contributed by atoms with Gasteiger partial charge < -0.3 is 48.8 Å². The van der Waals surface area contributed by atoms with Crippen LogP contribution in [0.15, 0.2) is 24.3 Å². The Hall–Kier alpha value is -3.96. The van der Waals surface area contributed by atoms with Crippen molar-refractivity contribution in [2.45, 2.75) is 51.5 Å². The number of phenolic OH excluding ortho intramolecular Hbond substituents is 2. The smallest absolute Gasteiger partial charge is 0.134 e. The molecule has 42 heavy (non-hydrogen) atoms. The number of fused-ring (bicyclic) bond motifs is 4. The zero-order valence-electron chi connectivity index (χ0n) is 24.3. The minimum atomic E-state index is -1.12. The summed E-state index contributed by atoms with van der Waals surface area (Å²) in [7, 11) is 6.04. The maximum atomic E-state index is 11.6. The molecular weight excluding hydrogens is 544 g/mol. The van der Waals surface area contributed by atoms with Crippen LogP contribution in [0.25, 0.3) is 32.7 Å². The van der Waals surface area contributed by atoms with E-state index in [1.165, 1.54) is 28.4 Å². The predicted molar refractivity (Wildman–Crippen MR) is 155 cm³/mol. The molecule has 0 fully saturated rings. The van der Waals surface area contributed by atoms with Crippen molar-refractivity contribution in [2.24, 2.45) is 0 Å². The summed E-state index contributed by atoms with van der Waals surface area (Å²) < 4.78 is 34.5. The molecule has 0 unspecified atom stereocenters. The van der Waals surface area contributed by atoms with Crippen LogP contribution >= 0.6 is 0 Å². The van der Waals surface area contributed by atoms with Gasteiger partial charge in [0.05, 0.1) is 64.6 Å². The highest BCUT2D eigenvalue weighted by Crippen LogP contribution is 2.56. The molecule has 0 saturated heterocycles. The second-order valence-electron chi connectivity index (χ2n) is 10.7. The number of aromatic hydroxyl groups is 2. The number of methoxy groups -OCH3 is 4. The SMILES string of the molecule is COc1cc(OC)c2c(O)c3c(c(-c4c(OC)cc(OC)c5c(O)c6c(cc45)[C@H](O)[C@H](C)OC6)c2c1)[C@H](O)[C@H](C)OC3. The summed E-state index contributed by atoms with van der Waals surface area (Å²) in [6.45, 7) is 3.68. The summed E-state index contributed by atoms with van der Waals surface area (Å²) in [6.07, 6.45) is -3.21. The number of hydrogen-bond acceptors (Lipinski definition) is 10. The molecule has 4 N–H and O–H groups in total. The van der Waals surface area contributed by atoms with Crippen molar-refractivity contribution in [1.29, 1.82) is 0 Å². The van der Waals surface area contributed by atoms with Crippen molar-refractivity contribution >= 4 is 21.5 Å². The van der Waals surface area contributed by atoms with Crippen molar-refractivity contribution < 1.29 is 48.8 Å². The van der Waals surface area contributed by atoms with Gasteiger partial charge in [-0.15, -0.1) is 0 Å². The first kappa shape index (κ1) is 28.2. The van der Waals surface area contributed by atoms with E-state index in [1.54, 1.807) is 32.0 Å². The van der Waals surface area contributed by atoms with E-state index >= 15 is 0 Å². The van der Waals surface area contributed by atoms with Gasteiger partial charge in [-0.3, -0.25) is 0 Å². The van der Waals surface area contributed by atoms with Gasteiger partial charge in [0.15, 0.2) is 0 Å². The molecule has 0 aliphatic carbocycles. The first-order valence-corrected chi connectivity index (χ1v) is 13.6. The Labute approximate surface area is 242 Å². The third kappa shape index (κ3) is 3.94. The maximum absolute atomic E-state index is 11.6. The van der Waals surface area contributed by atoms with Crippen molar-refractivity contribution in [3.8, 4) is 45.6 Å². The molecule has 222 valence electrons. The number of phenols is 2. The molecule has 0 aromatic heterocycles. The van der Waals surface area contributed by atoms with Crippen molar-refractivity contribution in [2.75, 3.05) is 28.4 Å². The Morgan fingerprint density at radius 2 is 1.19 bits per heavy atom. The number of aliphatic hydroxyl groups is 2. The molecule has 4 aromatic carbocycles. The zero-order chi connectivity index (χ0) is 30.0. The van der Waals surface area contributed by atoms with E-state index < -0.39 is 24.4 Å². The van der Waals surface area contributed by atoms with Crippen molar-refractivity contribution in [3.05, 3.63) is 46.5 Å². The summed E-state index contributed by atoms with van der Waals surface area (Å²) in [4.78, 5) is 0. The highest BCUT2D eigenvalue weighted by atomic mass is 16.5. The molecule has 4 aromatic rings. The Kier molecular flexibility index (Phi) is 6.97. The van der Waals surface area contributed by atoms with Crippen LogP contribution in [-0.2, 0) is 22.7 Å². The summed E-state index contributed by atoms with van der Waals surface area (Å²) in [5.41, 5.74) is 2.89. The van der Waals surface area contributed by atoms with Crippen LogP contribution in [0.5, 0.6) is 34.5 Å². The van der Waals surface area contributed by atoms with Crippen LogP contribution in [0.3, 0.4) is 0 Å². The number of ether oxygens (including phenoxy) is 6. The Morgan fingerprint density at radius 3 is 1.81 bits per heavy atom. The molecule has 2 aliphatic rings. The van der Waals surface area contributed by atoms with Crippen molar-refractivity contribution in [3.63, 3.8) is 0 Å². The molecule has 0 radical (unpaired) electrons. The van der Waals surface area contributed by atoms with Crippen LogP contribution in [0.1, 0.15) is 48.3 Å². The molecule has 0 spiro atoms. The van der Waals surface area contributed by atoms with Gasteiger partial charge >= 0.3 is 0 Å². The summed E-state index contributed by atoms with van der Waals surface area (Å²) in [5.74, 6) is 1.40. The first-order chi connectivity index (χ1) is 20.2. The van der Waals surface area contributed by atoms with Crippen LogP contribution in [0, 0.1) is 0 Å². The highest BCUT2D eigenvalue weighted by molar-refractivity contribution is 6.15. The van der Waals surface area contributed by atoms with E-state index in [-0.39, 0.29) is 24.7 Å². The molecule has 6 rings (SSSR count). The fourth-order valence-corrected chi connectivity index (χ4v) is 6.29. The number of aliphatic hydroxyl groups excluding tert-OH is 2. The number of benzene rings is 4. The fourth-order valence-electron chi connectivity index (χ4n) is 6.29. The third-order valence-electron chi connectivity index (χ3n) is 8.56. The highest BCUT2D eigenvalue weighted by Gasteiger charge is 2.37. The lowest BCUT2D eigenvalue weighted by atomic mass is 9.81. The maximum Gasteiger partial charge on any atom is 0.134 e. The van der Waals surface area contributed by atoms with E-state index in [9.17, 15) is 20.4 Å². The molecule has 4 atom stereocenters. The summed E-state index contributed by atoms with van der Waals surface area (Å²) in [5, 5.41) is 47.8. The molecule has 0 saturated carbocycles. The summed E-state index contributed by atoms with van der Waals surface area (Å²) >= 11 is 0. The quantitative estimate of drug-likeness (QED) is 0.256. The van der Waals surface area contributed by atoms with Gasteiger partial charge in [0, 0.05) is 50.7 Å². The second-order valence-corrected chi connectivity index (χ2v) is 10.7. The number of hydrogen-bond donors (Lipinski definition) is 4. The monoisotopic (exact) mass is 578 g/mol. The summed E-state index contributed by atoms with van der Waals surface area (Å²) in [6, 6.07) is 6.92. The predicted octanol–water partition coefficient (Wildman–Crippen LogP) is 5.01. The fraction of sp³-hybridized carbons (Fsp3) is 0.375. The molecule has 2 heterocycles. The van der Waals surface area contributed by atoms with E-state index in [1.807, 2.05) is 6.07 Å². The zero-order valence-corrected chi connectivity index (χ0v) is 24.3. The molecule has 10 nitrogen and oxygen atoms in total. The Bertz CT molecular complexity index is 1730. The lowest BCUT2D eigenvalue weighted by molar-refractivity contribution is -0.0530. The lowest BCUT2D eigenvalue weighted by Gasteiger charge is -2.33. The van der Waals surface area contributed by atoms with E-state index in [4.69, 9.17) is 28.4 Å². The van der Waals surface area contributed by atoms with Gasteiger partial charge in [-0.2, -0.15) is 0 Å². The largest absolute Gasteiger partial charge is 0.507 e. The standard InChI is InChI=1S/C32H34O10/c1-13-29(33)16-9-18-24(22(39-5)10-23(40-6)26(18)31(35)19(16)11-41-13)27-17-7-15(37-3)8-21(38-4)25(17)32(36)20-12-42-14(2)30(34)28(20)27/h7-10,13-14,29-30,33-36H,11-12H2,1-6H3/t13-,14-,29+,30+/m0/s1. The first-order valence-electron chi connectivity index (χ1n) is 13.6. The number of rotatable bonds is 5.